The third-order valence-electron chi connectivity index (χ3n) is 1.95. The van der Waals surface area contributed by atoms with Crippen LogP contribution in [0.3, 0.4) is 0 Å². The first-order chi connectivity index (χ1) is 6.70. The molecule has 0 spiro atoms. The van der Waals surface area contributed by atoms with Crippen molar-refractivity contribution in [3.8, 4) is 5.69 Å². The van der Waals surface area contributed by atoms with Gasteiger partial charge in [-0.25, -0.2) is 4.68 Å². The largest absolute Gasteiger partial charge is 0.242 e. The predicted octanol–water partition coefficient (Wildman–Crippen LogP) is 2.29. The maximum atomic E-state index is 5.98. The summed E-state index contributed by atoms with van der Waals surface area (Å²) in [5, 5.41) is 10.7. The van der Waals surface area contributed by atoms with Gasteiger partial charge in [0.15, 0.2) is 0 Å². The van der Waals surface area contributed by atoms with E-state index < -0.39 is 0 Å². The summed E-state index contributed by atoms with van der Waals surface area (Å²) in [6, 6.07) is 5.58. The van der Waals surface area contributed by atoms with Crippen LogP contribution < -0.4 is 0 Å². The van der Waals surface area contributed by atoms with Crippen LogP contribution in [-0.2, 0) is 0 Å². The van der Waals surface area contributed by atoms with Gasteiger partial charge in [0.05, 0.1) is 5.69 Å². The van der Waals surface area contributed by atoms with Crippen molar-refractivity contribution in [2.45, 2.75) is 6.92 Å². The third-order valence-corrected chi connectivity index (χ3v) is 2.63. The average Bonchev–Trinajstić information content (AvgIpc) is 2.57. The van der Waals surface area contributed by atoms with Gasteiger partial charge in [0.1, 0.15) is 0 Å². The second-order valence-corrected chi connectivity index (χ2v) is 3.57. The van der Waals surface area contributed by atoms with Gasteiger partial charge in [-0.05, 0) is 36.8 Å². The lowest BCUT2D eigenvalue weighted by Gasteiger charge is -2.05. The van der Waals surface area contributed by atoms with E-state index in [4.69, 9.17) is 23.8 Å². The Morgan fingerprint density at radius 2 is 2.29 bits per heavy atom. The van der Waals surface area contributed by atoms with E-state index in [1.54, 1.807) is 4.68 Å². The van der Waals surface area contributed by atoms with Gasteiger partial charge in [-0.1, -0.05) is 28.0 Å². The molecule has 4 nitrogen and oxygen atoms in total. The van der Waals surface area contributed by atoms with Crippen LogP contribution in [0, 0.1) is 11.7 Å². The first kappa shape index (κ1) is 9.36. The summed E-state index contributed by atoms with van der Waals surface area (Å²) in [6.45, 7) is 1.92. The SMILES string of the molecule is Cc1c(Cl)cccc1-n1[nH]nnc1=S. The molecule has 0 bridgehead atoms. The Balaban J connectivity index is 2.69. The van der Waals surface area contributed by atoms with Gasteiger partial charge in [0.25, 0.3) is 0 Å². The summed E-state index contributed by atoms with van der Waals surface area (Å²) < 4.78 is 1.99. The van der Waals surface area contributed by atoms with Gasteiger partial charge in [-0.3, -0.25) is 0 Å². The number of nitrogens with zero attached hydrogens (tertiary/aromatic N) is 3. The lowest BCUT2D eigenvalue weighted by atomic mass is 10.2. The molecule has 0 aliphatic heterocycles. The summed E-state index contributed by atoms with van der Waals surface area (Å²) in [7, 11) is 0. The van der Waals surface area contributed by atoms with Gasteiger partial charge in [-0.2, -0.15) is 5.21 Å². The molecule has 0 unspecified atom stereocenters. The van der Waals surface area contributed by atoms with E-state index in [-0.39, 0.29) is 0 Å². The molecule has 2 rings (SSSR count). The first-order valence-corrected chi connectivity index (χ1v) is 4.74. The highest BCUT2D eigenvalue weighted by Crippen LogP contribution is 2.21. The number of benzene rings is 1. The molecule has 72 valence electrons. The van der Waals surface area contributed by atoms with Crippen molar-refractivity contribution in [1.29, 1.82) is 0 Å². The minimum atomic E-state index is 0.385. The average molecular weight is 227 g/mol. The third kappa shape index (κ3) is 1.44. The second kappa shape index (κ2) is 3.51. The van der Waals surface area contributed by atoms with Gasteiger partial charge in [0, 0.05) is 5.02 Å². The van der Waals surface area contributed by atoms with E-state index >= 15 is 0 Å². The van der Waals surface area contributed by atoms with E-state index in [1.807, 2.05) is 25.1 Å². The van der Waals surface area contributed by atoms with Crippen molar-refractivity contribution >= 4 is 23.8 Å². The zero-order valence-electron chi connectivity index (χ0n) is 7.36. The monoisotopic (exact) mass is 226 g/mol. The molecule has 1 aromatic carbocycles. The minimum Gasteiger partial charge on any atom is -0.209 e. The van der Waals surface area contributed by atoms with Crippen molar-refractivity contribution in [2.24, 2.45) is 0 Å². The number of H-pyrrole nitrogens is 1. The number of aromatic amines is 1. The standard InChI is InChI=1S/C8H7ClN4S/c1-5-6(9)3-2-4-7(5)13-8(14)10-11-12-13/h2-4H,1H3,(H,10,12,14). The fourth-order valence-corrected chi connectivity index (χ4v) is 1.54. The normalized spacial score (nSPS) is 10.4. The molecule has 0 radical (unpaired) electrons. The van der Waals surface area contributed by atoms with Crippen molar-refractivity contribution in [1.82, 2.24) is 20.2 Å². The fraction of sp³-hybridized carbons (Fsp3) is 0.125. The highest BCUT2D eigenvalue weighted by molar-refractivity contribution is 7.71. The summed E-state index contributed by atoms with van der Waals surface area (Å²) in [4.78, 5) is 0. The van der Waals surface area contributed by atoms with Crippen LogP contribution >= 0.6 is 23.8 Å². The van der Waals surface area contributed by atoms with Gasteiger partial charge < -0.3 is 0 Å². The maximum Gasteiger partial charge on any atom is 0.242 e. The molecule has 0 saturated carbocycles. The van der Waals surface area contributed by atoms with E-state index in [1.165, 1.54) is 0 Å². The van der Waals surface area contributed by atoms with E-state index in [0.717, 1.165) is 11.3 Å². The maximum absolute atomic E-state index is 5.98. The Bertz CT molecular complexity index is 516. The Hall–Kier alpha value is -1.20. The molecule has 0 aliphatic rings. The number of rotatable bonds is 1. The van der Waals surface area contributed by atoms with Crippen molar-refractivity contribution < 1.29 is 0 Å². The van der Waals surface area contributed by atoms with Crippen LogP contribution in [0.2, 0.25) is 5.02 Å². The summed E-state index contributed by atoms with van der Waals surface area (Å²) in [6.07, 6.45) is 0. The first-order valence-electron chi connectivity index (χ1n) is 3.96. The van der Waals surface area contributed by atoms with Crippen LogP contribution in [-0.4, -0.2) is 20.2 Å². The molecular weight excluding hydrogens is 220 g/mol. The summed E-state index contributed by atoms with van der Waals surface area (Å²) >= 11 is 11.0. The minimum absolute atomic E-state index is 0.385. The molecule has 1 aromatic heterocycles. The van der Waals surface area contributed by atoms with Crippen LogP contribution in [0.5, 0.6) is 0 Å². The Labute approximate surface area is 90.5 Å². The van der Waals surface area contributed by atoms with Gasteiger partial charge in [0.2, 0.25) is 4.77 Å². The molecule has 2 aromatic rings. The van der Waals surface area contributed by atoms with Crippen molar-refractivity contribution in [3.05, 3.63) is 33.6 Å². The Kier molecular flexibility index (Phi) is 2.35. The highest BCUT2D eigenvalue weighted by atomic mass is 35.5. The molecule has 1 N–H and O–H groups in total. The zero-order chi connectivity index (χ0) is 10.1. The lowest BCUT2D eigenvalue weighted by molar-refractivity contribution is 0.782. The smallest absolute Gasteiger partial charge is 0.209 e. The van der Waals surface area contributed by atoms with E-state index in [9.17, 15) is 0 Å². The lowest BCUT2D eigenvalue weighted by Crippen LogP contribution is -1.99. The van der Waals surface area contributed by atoms with Gasteiger partial charge in [-0.15, -0.1) is 0 Å². The van der Waals surface area contributed by atoms with Crippen molar-refractivity contribution in [3.63, 3.8) is 0 Å². The molecule has 0 saturated heterocycles. The van der Waals surface area contributed by atoms with E-state index in [0.29, 0.717) is 9.79 Å². The van der Waals surface area contributed by atoms with Crippen LogP contribution in [0.4, 0.5) is 0 Å². The molecule has 0 fully saturated rings. The number of tetrazole rings is 1. The van der Waals surface area contributed by atoms with Crippen LogP contribution in [0.1, 0.15) is 5.56 Å². The zero-order valence-corrected chi connectivity index (χ0v) is 8.93. The molecule has 0 aliphatic carbocycles. The highest BCUT2D eigenvalue weighted by Gasteiger charge is 2.05. The van der Waals surface area contributed by atoms with E-state index in [2.05, 4.69) is 15.5 Å². The molecule has 0 atom stereocenters. The summed E-state index contributed by atoms with van der Waals surface area (Å²) in [5.41, 5.74) is 1.81. The Morgan fingerprint density at radius 3 is 2.93 bits per heavy atom. The predicted molar refractivity (Wildman–Crippen MR) is 56.3 cm³/mol. The molecule has 14 heavy (non-hydrogen) atoms. The number of hydrogen-bond acceptors (Lipinski definition) is 3. The fourth-order valence-electron chi connectivity index (χ4n) is 1.19. The molecule has 1 heterocycles. The topological polar surface area (TPSA) is 46.5 Å². The van der Waals surface area contributed by atoms with Crippen LogP contribution in [0.15, 0.2) is 18.2 Å². The second-order valence-electron chi connectivity index (χ2n) is 2.80. The number of halogens is 1. The number of nitrogens with one attached hydrogen (secondary N) is 1. The quantitative estimate of drug-likeness (QED) is 0.759. The number of hydrogen-bond donors (Lipinski definition) is 1. The Morgan fingerprint density at radius 1 is 1.50 bits per heavy atom. The molecular formula is C8H7ClN4S. The summed E-state index contributed by atoms with van der Waals surface area (Å²) in [5.74, 6) is 0. The van der Waals surface area contributed by atoms with Gasteiger partial charge >= 0.3 is 0 Å². The number of aromatic nitrogens is 4. The molecule has 0 amide bonds. The molecule has 6 heteroatoms. The van der Waals surface area contributed by atoms with Crippen LogP contribution in [0.25, 0.3) is 5.69 Å². The van der Waals surface area contributed by atoms with Crippen molar-refractivity contribution in [2.75, 3.05) is 0 Å².